The van der Waals surface area contributed by atoms with E-state index in [1.165, 1.54) is 18.2 Å². The summed E-state index contributed by atoms with van der Waals surface area (Å²) in [5.41, 5.74) is 3.96. The second kappa shape index (κ2) is 7.53. The van der Waals surface area contributed by atoms with Crippen LogP contribution in [0.3, 0.4) is 0 Å². The van der Waals surface area contributed by atoms with E-state index >= 15 is 0 Å². The number of aromatic nitrogens is 1. The molecule has 1 heterocycles. The largest absolute Gasteiger partial charge is 0.464 e. The van der Waals surface area contributed by atoms with Crippen molar-refractivity contribution in [3.63, 3.8) is 0 Å². The lowest BCUT2D eigenvalue weighted by Crippen LogP contribution is -2.30. The molecule has 25 heavy (non-hydrogen) atoms. The van der Waals surface area contributed by atoms with Gasteiger partial charge in [0.25, 0.3) is 0 Å². The van der Waals surface area contributed by atoms with Gasteiger partial charge in [0.15, 0.2) is 0 Å². The maximum absolute atomic E-state index is 11.6. The zero-order chi connectivity index (χ0) is 17.8. The van der Waals surface area contributed by atoms with Crippen molar-refractivity contribution >= 4 is 16.9 Å². The lowest BCUT2D eigenvalue weighted by Gasteiger charge is -2.20. The second-order valence-electron chi connectivity index (χ2n) is 6.50. The zero-order valence-corrected chi connectivity index (χ0v) is 14.9. The maximum Gasteiger partial charge on any atom is 0.354 e. The van der Waals surface area contributed by atoms with E-state index in [0.717, 1.165) is 17.3 Å². The SMILES string of the molecule is COC(=O)c1cc2cc(CC(C)NC(C)c3ccccc3)ccc2[nH]1. The molecule has 0 saturated carbocycles. The summed E-state index contributed by atoms with van der Waals surface area (Å²) < 4.78 is 4.77. The number of methoxy groups -OCH3 is 1. The maximum atomic E-state index is 11.6. The number of hydrogen-bond donors (Lipinski definition) is 2. The molecule has 0 amide bonds. The van der Waals surface area contributed by atoms with Gasteiger partial charge in [-0.1, -0.05) is 36.4 Å². The fraction of sp³-hybridized carbons (Fsp3) is 0.286. The van der Waals surface area contributed by atoms with Crippen LogP contribution >= 0.6 is 0 Å². The number of carbonyl (C=O) groups excluding carboxylic acids is 1. The summed E-state index contributed by atoms with van der Waals surface area (Å²) in [5, 5.41) is 4.67. The summed E-state index contributed by atoms with van der Waals surface area (Å²) in [7, 11) is 1.39. The van der Waals surface area contributed by atoms with Crippen LogP contribution in [-0.2, 0) is 11.2 Å². The molecule has 2 aromatic carbocycles. The van der Waals surface area contributed by atoms with E-state index in [0.29, 0.717) is 17.8 Å². The van der Waals surface area contributed by atoms with E-state index in [9.17, 15) is 4.79 Å². The van der Waals surface area contributed by atoms with Crippen LogP contribution in [0.15, 0.2) is 54.6 Å². The van der Waals surface area contributed by atoms with Crippen LogP contribution in [0.4, 0.5) is 0 Å². The van der Waals surface area contributed by atoms with Gasteiger partial charge in [0.2, 0.25) is 0 Å². The summed E-state index contributed by atoms with van der Waals surface area (Å²) in [6, 6.07) is 19.2. The number of fused-ring (bicyclic) bond motifs is 1. The Morgan fingerprint density at radius 1 is 1.12 bits per heavy atom. The monoisotopic (exact) mass is 336 g/mol. The number of nitrogens with one attached hydrogen (secondary N) is 2. The van der Waals surface area contributed by atoms with E-state index in [1.807, 2.05) is 18.2 Å². The summed E-state index contributed by atoms with van der Waals surface area (Å²) in [5.74, 6) is -0.343. The lowest BCUT2D eigenvalue weighted by molar-refractivity contribution is 0.0595. The Hall–Kier alpha value is -2.59. The van der Waals surface area contributed by atoms with Crippen molar-refractivity contribution < 1.29 is 9.53 Å². The number of esters is 1. The van der Waals surface area contributed by atoms with Crippen molar-refractivity contribution in [2.45, 2.75) is 32.4 Å². The summed E-state index contributed by atoms with van der Waals surface area (Å²) in [6.07, 6.45) is 0.922. The first-order valence-corrected chi connectivity index (χ1v) is 8.58. The van der Waals surface area contributed by atoms with Crippen molar-refractivity contribution in [2.24, 2.45) is 0 Å². The van der Waals surface area contributed by atoms with Gasteiger partial charge in [0.1, 0.15) is 5.69 Å². The molecule has 0 radical (unpaired) electrons. The molecular weight excluding hydrogens is 312 g/mol. The second-order valence-corrected chi connectivity index (χ2v) is 6.50. The summed E-state index contributed by atoms with van der Waals surface area (Å²) in [6.45, 7) is 4.38. The quantitative estimate of drug-likeness (QED) is 0.662. The average molecular weight is 336 g/mol. The molecule has 2 unspecified atom stereocenters. The van der Waals surface area contributed by atoms with Crippen LogP contribution in [0.1, 0.15) is 41.5 Å². The standard InChI is InChI=1S/C21H24N2O2/c1-14(22-15(2)17-7-5-4-6-8-17)11-16-9-10-19-18(12-16)13-20(23-19)21(24)25-3/h4-10,12-15,22-23H,11H2,1-3H3. The molecule has 2 atom stereocenters. The zero-order valence-electron chi connectivity index (χ0n) is 14.9. The topological polar surface area (TPSA) is 54.1 Å². The van der Waals surface area contributed by atoms with Gasteiger partial charge in [-0.05, 0) is 49.6 Å². The Morgan fingerprint density at radius 2 is 1.88 bits per heavy atom. The van der Waals surface area contributed by atoms with Crippen LogP contribution in [0.25, 0.3) is 10.9 Å². The summed E-state index contributed by atoms with van der Waals surface area (Å²) >= 11 is 0. The van der Waals surface area contributed by atoms with E-state index < -0.39 is 0 Å². The molecule has 4 nitrogen and oxygen atoms in total. The predicted octanol–water partition coefficient (Wildman–Crippen LogP) is 4.24. The van der Waals surface area contributed by atoms with E-state index in [1.54, 1.807) is 0 Å². The fourth-order valence-corrected chi connectivity index (χ4v) is 3.21. The number of hydrogen-bond acceptors (Lipinski definition) is 3. The molecule has 0 fully saturated rings. The Balaban J connectivity index is 1.68. The van der Waals surface area contributed by atoms with Gasteiger partial charge < -0.3 is 15.0 Å². The van der Waals surface area contributed by atoms with Crippen LogP contribution in [0, 0.1) is 0 Å². The normalized spacial score (nSPS) is 13.6. The third-order valence-electron chi connectivity index (χ3n) is 4.47. The molecule has 0 aliphatic heterocycles. The first-order valence-electron chi connectivity index (χ1n) is 8.58. The molecule has 2 N–H and O–H groups in total. The third-order valence-corrected chi connectivity index (χ3v) is 4.47. The van der Waals surface area contributed by atoms with E-state index in [-0.39, 0.29) is 5.97 Å². The molecule has 4 heteroatoms. The summed E-state index contributed by atoms with van der Waals surface area (Å²) in [4.78, 5) is 14.7. The van der Waals surface area contributed by atoms with Crippen LogP contribution < -0.4 is 5.32 Å². The highest BCUT2D eigenvalue weighted by Crippen LogP contribution is 2.19. The number of carbonyl (C=O) groups is 1. The van der Waals surface area contributed by atoms with Gasteiger partial charge in [0.05, 0.1) is 7.11 Å². The number of ether oxygens (including phenoxy) is 1. The smallest absolute Gasteiger partial charge is 0.354 e. The van der Waals surface area contributed by atoms with Crippen molar-refractivity contribution in [3.05, 3.63) is 71.4 Å². The third kappa shape index (κ3) is 4.09. The van der Waals surface area contributed by atoms with Crippen LogP contribution in [0.5, 0.6) is 0 Å². The Bertz CT molecular complexity index is 855. The number of rotatable bonds is 6. The van der Waals surface area contributed by atoms with Crippen molar-refractivity contribution in [3.8, 4) is 0 Å². The molecule has 130 valence electrons. The molecule has 0 aliphatic carbocycles. The van der Waals surface area contributed by atoms with Gasteiger partial charge in [-0.3, -0.25) is 0 Å². The Kier molecular flexibility index (Phi) is 5.19. The van der Waals surface area contributed by atoms with Crippen LogP contribution in [0.2, 0.25) is 0 Å². The molecule has 0 spiro atoms. The molecule has 0 bridgehead atoms. The minimum atomic E-state index is -0.343. The molecule has 3 rings (SSSR count). The lowest BCUT2D eigenvalue weighted by atomic mass is 10.0. The fourth-order valence-electron chi connectivity index (χ4n) is 3.21. The highest BCUT2D eigenvalue weighted by molar-refractivity contribution is 5.94. The van der Waals surface area contributed by atoms with Crippen LogP contribution in [-0.4, -0.2) is 24.1 Å². The van der Waals surface area contributed by atoms with Crippen molar-refractivity contribution in [2.75, 3.05) is 7.11 Å². The first kappa shape index (κ1) is 17.2. The highest BCUT2D eigenvalue weighted by Gasteiger charge is 2.12. The molecule has 1 aromatic heterocycles. The molecule has 0 saturated heterocycles. The molecule has 3 aromatic rings. The van der Waals surface area contributed by atoms with E-state index in [2.05, 4.69) is 60.5 Å². The Morgan fingerprint density at radius 3 is 2.60 bits per heavy atom. The van der Waals surface area contributed by atoms with Gasteiger partial charge in [-0.2, -0.15) is 0 Å². The van der Waals surface area contributed by atoms with Gasteiger partial charge in [-0.25, -0.2) is 4.79 Å². The number of aromatic amines is 1. The highest BCUT2D eigenvalue weighted by atomic mass is 16.5. The number of benzene rings is 2. The van der Waals surface area contributed by atoms with Crippen molar-refractivity contribution in [1.29, 1.82) is 0 Å². The molecule has 0 aliphatic rings. The Labute approximate surface area is 148 Å². The average Bonchev–Trinajstić information content (AvgIpc) is 3.05. The minimum absolute atomic E-state index is 0.304. The minimum Gasteiger partial charge on any atom is -0.464 e. The molecular formula is C21H24N2O2. The van der Waals surface area contributed by atoms with Gasteiger partial charge in [-0.15, -0.1) is 0 Å². The van der Waals surface area contributed by atoms with Crippen molar-refractivity contribution in [1.82, 2.24) is 10.3 Å². The first-order chi connectivity index (χ1) is 12.1. The predicted molar refractivity (Wildman–Crippen MR) is 101 cm³/mol. The van der Waals surface area contributed by atoms with E-state index in [4.69, 9.17) is 4.74 Å². The van der Waals surface area contributed by atoms with Gasteiger partial charge in [0, 0.05) is 23.0 Å². The van der Waals surface area contributed by atoms with Gasteiger partial charge >= 0.3 is 5.97 Å². The number of H-pyrrole nitrogens is 1.